The van der Waals surface area contributed by atoms with Crippen LogP contribution < -0.4 is 10.2 Å². The summed E-state index contributed by atoms with van der Waals surface area (Å²) in [6, 6.07) is 1.82. The van der Waals surface area contributed by atoms with Crippen molar-refractivity contribution in [3.63, 3.8) is 0 Å². The number of aromatic nitrogens is 1. The third-order valence-electron chi connectivity index (χ3n) is 3.06. The van der Waals surface area contributed by atoms with Crippen molar-refractivity contribution < 1.29 is 9.57 Å². The van der Waals surface area contributed by atoms with Gasteiger partial charge >= 0.3 is 0 Å². The lowest BCUT2D eigenvalue weighted by Gasteiger charge is -2.17. The molecule has 2 N–H and O–H groups in total. The van der Waals surface area contributed by atoms with Gasteiger partial charge in [0.05, 0.1) is 6.61 Å². The van der Waals surface area contributed by atoms with Crippen LogP contribution in [0.4, 0.5) is 5.82 Å². The summed E-state index contributed by atoms with van der Waals surface area (Å²) in [7, 11) is 0. The number of rotatable bonds is 8. The monoisotopic (exact) mass is 318 g/mol. The van der Waals surface area contributed by atoms with Crippen LogP contribution in [0.15, 0.2) is 23.9 Å². The number of pyridine rings is 1. The van der Waals surface area contributed by atoms with Gasteiger partial charge in [-0.25, -0.2) is 0 Å². The number of nitrogens with zero attached hydrogens (tertiary/aromatic N) is 2. The summed E-state index contributed by atoms with van der Waals surface area (Å²) >= 11 is 0. The molecule has 1 heterocycles. The molecule has 0 saturated heterocycles. The second kappa shape index (κ2) is 8.92. The highest BCUT2D eigenvalue weighted by atomic mass is 16.7. The summed E-state index contributed by atoms with van der Waals surface area (Å²) in [5.74, 6) is 1.62. The van der Waals surface area contributed by atoms with Crippen molar-refractivity contribution >= 4 is 17.4 Å². The Labute approximate surface area is 138 Å². The Bertz CT molecular complexity index is 595. The topological polar surface area (TPSA) is 79.6 Å². The fourth-order valence-corrected chi connectivity index (χ4v) is 2.08. The first kappa shape index (κ1) is 18.7. The average Bonchev–Trinajstić information content (AvgIpc) is 2.50. The van der Waals surface area contributed by atoms with Gasteiger partial charge in [0.15, 0.2) is 0 Å². The Kier molecular flexibility index (Phi) is 7.25. The van der Waals surface area contributed by atoms with E-state index in [1.807, 2.05) is 13.0 Å². The predicted octanol–water partition coefficient (Wildman–Crippen LogP) is 3.94. The highest BCUT2D eigenvalue weighted by molar-refractivity contribution is 6.02. The summed E-state index contributed by atoms with van der Waals surface area (Å²) < 4.78 is 5.23. The molecule has 0 amide bonds. The highest BCUT2D eigenvalue weighted by Crippen LogP contribution is 2.29. The van der Waals surface area contributed by atoms with E-state index in [0.717, 1.165) is 11.1 Å². The number of nitrogens with one attached hydrogen (secondary N) is 2. The van der Waals surface area contributed by atoms with Crippen molar-refractivity contribution in [3.8, 4) is 5.88 Å². The first-order chi connectivity index (χ1) is 10.9. The molecule has 0 radical (unpaired) electrons. The lowest BCUT2D eigenvalue weighted by atomic mass is 9.95. The average molecular weight is 318 g/mol. The van der Waals surface area contributed by atoms with E-state index in [1.54, 1.807) is 19.9 Å². The van der Waals surface area contributed by atoms with Crippen molar-refractivity contribution in [1.29, 1.82) is 5.41 Å². The van der Waals surface area contributed by atoms with Gasteiger partial charge in [0.25, 0.3) is 5.88 Å². The lowest BCUT2D eigenvalue weighted by molar-refractivity contribution is 0.270. The molecule has 0 saturated carbocycles. The van der Waals surface area contributed by atoms with Crippen molar-refractivity contribution in [2.24, 2.45) is 5.16 Å². The van der Waals surface area contributed by atoms with E-state index < -0.39 is 0 Å². The van der Waals surface area contributed by atoms with Gasteiger partial charge < -0.3 is 20.3 Å². The number of hydrogen-bond acceptors (Lipinski definition) is 6. The molecule has 0 aliphatic heterocycles. The molecule has 0 fully saturated rings. The first-order valence-corrected chi connectivity index (χ1v) is 7.70. The zero-order valence-corrected chi connectivity index (χ0v) is 14.6. The van der Waals surface area contributed by atoms with E-state index in [0.29, 0.717) is 36.5 Å². The third-order valence-corrected chi connectivity index (χ3v) is 3.06. The lowest BCUT2D eigenvalue weighted by Crippen LogP contribution is -2.12. The van der Waals surface area contributed by atoms with Crippen LogP contribution in [0, 0.1) is 5.41 Å². The minimum absolute atomic E-state index is 0.219. The predicted molar refractivity (Wildman–Crippen MR) is 94.9 cm³/mol. The smallest absolute Gasteiger partial charge is 0.251 e. The minimum atomic E-state index is 0.219. The molecule has 0 aromatic carbocycles. The van der Waals surface area contributed by atoms with Gasteiger partial charge in [0.2, 0.25) is 5.90 Å². The second-order valence-electron chi connectivity index (χ2n) is 5.36. The van der Waals surface area contributed by atoms with Gasteiger partial charge in [0, 0.05) is 30.8 Å². The molecule has 0 atom stereocenters. The van der Waals surface area contributed by atoms with Crippen LogP contribution in [0.5, 0.6) is 5.88 Å². The molecular formula is C17H26N4O2. The summed E-state index contributed by atoms with van der Waals surface area (Å²) in [4.78, 5) is 9.80. The minimum Gasteiger partial charge on any atom is -0.479 e. The summed E-state index contributed by atoms with van der Waals surface area (Å²) in [6.07, 6.45) is 1.74. The molecule has 1 aromatic rings. The Hall–Kier alpha value is -2.37. The van der Waals surface area contributed by atoms with E-state index >= 15 is 0 Å². The number of hydrogen-bond donors (Lipinski definition) is 2. The molecule has 1 rings (SSSR count). The molecule has 0 spiro atoms. The van der Waals surface area contributed by atoms with Gasteiger partial charge in [-0.2, -0.15) is 4.98 Å². The van der Waals surface area contributed by atoms with Crippen molar-refractivity contribution in [2.75, 3.05) is 18.5 Å². The number of anilines is 1. The maximum Gasteiger partial charge on any atom is 0.251 e. The van der Waals surface area contributed by atoms with Gasteiger partial charge in [-0.3, -0.25) is 0 Å². The zero-order valence-electron chi connectivity index (χ0n) is 14.6. The summed E-state index contributed by atoms with van der Waals surface area (Å²) in [5.41, 5.74) is 2.23. The largest absolute Gasteiger partial charge is 0.479 e. The second-order valence-corrected chi connectivity index (χ2v) is 5.36. The van der Waals surface area contributed by atoms with Crippen LogP contribution in [0.1, 0.15) is 51.7 Å². The maximum absolute atomic E-state index is 8.05. The molecule has 126 valence electrons. The van der Waals surface area contributed by atoms with E-state index in [-0.39, 0.29) is 5.92 Å². The Morgan fingerprint density at radius 2 is 2.17 bits per heavy atom. The molecule has 0 aliphatic carbocycles. The number of ether oxygens (including phenoxy) is 1. The maximum atomic E-state index is 8.05. The fraction of sp³-hybridized carbons (Fsp3) is 0.471. The van der Waals surface area contributed by atoms with Gasteiger partial charge in [0.1, 0.15) is 5.82 Å². The van der Waals surface area contributed by atoms with Crippen LogP contribution in [0.25, 0.3) is 0 Å². The molecule has 0 unspecified atom stereocenters. The van der Waals surface area contributed by atoms with Gasteiger partial charge in [-0.15, -0.1) is 6.58 Å². The summed E-state index contributed by atoms with van der Waals surface area (Å²) in [6.45, 7) is 14.3. The summed E-state index contributed by atoms with van der Waals surface area (Å²) in [5, 5.41) is 15.1. The molecule has 23 heavy (non-hydrogen) atoms. The van der Waals surface area contributed by atoms with Crippen LogP contribution in [0.2, 0.25) is 0 Å². The van der Waals surface area contributed by atoms with Gasteiger partial charge in [-0.05, 0) is 30.5 Å². The highest BCUT2D eigenvalue weighted by Gasteiger charge is 2.17. The van der Waals surface area contributed by atoms with E-state index in [4.69, 9.17) is 15.0 Å². The first-order valence-electron chi connectivity index (χ1n) is 7.70. The normalized spacial score (nSPS) is 11.3. The molecule has 0 bridgehead atoms. The SMILES string of the molecule is C=CCNc1nc(O/N=C(\C)OCC)cc(C(C)C)c1C(C)=N. The standard InChI is InChI=1S/C17H26N4O2/c1-7-9-19-17-16(12(5)18)14(11(3)4)10-15(20-17)23-21-13(6)22-8-2/h7,10-11,18H,1,8-9H2,2-6H3,(H,19,20)/b18-12?,21-13+. The van der Waals surface area contributed by atoms with Crippen molar-refractivity contribution in [2.45, 2.75) is 40.5 Å². The molecule has 1 aromatic heterocycles. The quantitative estimate of drug-likeness (QED) is 0.329. The van der Waals surface area contributed by atoms with E-state index in [2.05, 4.69) is 35.9 Å². The Balaban J connectivity index is 3.27. The Morgan fingerprint density at radius 1 is 1.48 bits per heavy atom. The fourth-order valence-electron chi connectivity index (χ4n) is 2.08. The Morgan fingerprint density at radius 3 is 2.70 bits per heavy atom. The van der Waals surface area contributed by atoms with Crippen molar-refractivity contribution in [1.82, 2.24) is 4.98 Å². The number of oxime groups is 1. The van der Waals surface area contributed by atoms with Crippen LogP contribution in [0.3, 0.4) is 0 Å². The molecule has 6 nitrogen and oxygen atoms in total. The van der Waals surface area contributed by atoms with Gasteiger partial charge in [-0.1, -0.05) is 19.9 Å². The van der Waals surface area contributed by atoms with Crippen LogP contribution >= 0.6 is 0 Å². The van der Waals surface area contributed by atoms with E-state index in [1.165, 1.54) is 0 Å². The van der Waals surface area contributed by atoms with E-state index in [9.17, 15) is 0 Å². The van der Waals surface area contributed by atoms with Crippen molar-refractivity contribution in [3.05, 3.63) is 29.8 Å². The molecule has 6 heteroatoms. The molecule has 0 aliphatic rings. The van der Waals surface area contributed by atoms with Crippen LogP contribution in [-0.4, -0.2) is 29.7 Å². The third kappa shape index (κ3) is 5.39. The molecular weight excluding hydrogens is 292 g/mol. The zero-order chi connectivity index (χ0) is 17.4. The van der Waals surface area contributed by atoms with Crippen LogP contribution in [-0.2, 0) is 4.74 Å².